The van der Waals surface area contributed by atoms with Crippen LogP contribution in [0.4, 0.5) is 5.82 Å². The lowest BCUT2D eigenvalue weighted by atomic mass is 10.5. The van der Waals surface area contributed by atoms with E-state index in [1.807, 2.05) is 0 Å². The molecule has 0 saturated heterocycles. The predicted molar refractivity (Wildman–Crippen MR) is 46.3 cm³/mol. The van der Waals surface area contributed by atoms with Crippen molar-refractivity contribution in [1.82, 2.24) is 9.97 Å². The molecule has 0 aliphatic heterocycles. The maximum Gasteiger partial charge on any atom is 0.134 e. The summed E-state index contributed by atoms with van der Waals surface area (Å²) in [7, 11) is 0. The summed E-state index contributed by atoms with van der Waals surface area (Å²) in [4.78, 5) is 7.64. The monoisotopic (exact) mass is 191 g/mol. The van der Waals surface area contributed by atoms with E-state index in [1.165, 1.54) is 6.33 Å². The molecule has 11 heavy (non-hydrogen) atoms. The second kappa shape index (κ2) is 4.36. The summed E-state index contributed by atoms with van der Waals surface area (Å²) in [5.74, 6) is 1.24. The van der Waals surface area contributed by atoms with Crippen LogP contribution in [0.25, 0.3) is 0 Å². The third kappa shape index (κ3) is 2.91. The van der Waals surface area contributed by atoms with Crippen LogP contribution in [0.2, 0.25) is 5.15 Å². The van der Waals surface area contributed by atoms with Crippen LogP contribution >= 0.6 is 23.2 Å². The van der Waals surface area contributed by atoms with E-state index in [9.17, 15) is 0 Å². The molecule has 0 bridgehead atoms. The highest BCUT2D eigenvalue weighted by Crippen LogP contribution is 2.07. The van der Waals surface area contributed by atoms with Gasteiger partial charge in [-0.1, -0.05) is 11.6 Å². The van der Waals surface area contributed by atoms with Crippen molar-refractivity contribution < 1.29 is 0 Å². The van der Waals surface area contributed by atoms with Crippen LogP contribution in [-0.4, -0.2) is 22.4 Å². The van der Waals surface area contributed by atoms with Crippen LogP contribution in [-0.2, 0) is 0 Å². The second-order valence-corrected chi connectivity index (χ2v) is 2.61. The lowest BCUT2D eigenvalue weighted by Crippen LogP contribution is -2.03. The molecule has 0 aromatic carbocycles. The first kappa shape index (κ1) is 8.56. The van der Waals surface area contributed by atoms with Crippen molar-refractivity contribution >= 4 is 29.0 Å². The quantitative estimate of drug-likeness (QED) is 0.585. The smallest absolute Gasteiger partial charge is 0.134 e. The summed E-state index contributed by atoms with van der Waals surface area (Å²) in [5, 5.41) is 3.40. The molecule has 0 spiro atoms. The Hall–Kier alpha value is -0.540. The minimum Gasteiger partial charge on any atom is -0.369 e. The summed E-state index contributed by atoms with van der Waals surface area (Å²) in [5.41, 5.74) is 0. The SMILES string of the molecule is ClCCNc1cc(Cl)ncn1. The molecular formula is C6H7Cl2N3. The minimum atomic E-state index is 0.428. The fourth-order valence-corrected chi connectivity index (χ4v) is 0.847. The molecule has 0 aliphatic carbocycles. The van der Waals surface area contributed by atoms with Crippen molar-refractivity contribution in [3.8, 4) is 0 Å². The van der Waals surface area contributed by atoms with E-state index in [0.717, 1.165) is 0 Å². The maximum atomic E-state index is 5.60. The van der Waals surface area contributed by atoms with Crippen LogP contribution in [0, 0.1) is 0 Å². The van der Waals surface area contributed by atoms with Crippen LogP contribution < -0.4 is 5.32 Å². The number of nitrogens with zero attached hydrogens (tertiary/aromatic N) is 2. The molecule has 1 rings (SSSR count). The Bertz CT molecular complexity index is 229. The van der Waals surface area contributed by atoms with Crippen molar-refractivity contribution in [1.29, 1.82) is 0 Å². The third-order valence-electron chi connectivity index (χ3n) is 1.03. The van der Waals surface area contributed by atoms with Crippen molar-refractivity contribution in [2.45, 2.75) is 0 Å². The number of anilines is 1. The molecule has 60 valence electrons. The minimum absolute atomic E-state index is 0.428. The van der Waals surface area contributed by atoms with Gasteiger partial charge >= 0.3 is 0 Å². The number of aromatic nitrogens is 2. The highest BCUT2D eigenvalue weighted by atomic mass is 35.5. The molecule has 0 unspecified atom stereocenters. The average molecular weight is 192 g/mol. The summed E-state index contributed by atoms with van der Waals surface area (Å²) in [6, 6.07) is 1.65. The Morgan fingerprint density at radius 1 is 1.45 bits per heavy atom. The van der Waals surface area contributed by atoms with E-state index in [0.29, 0.717) is 23.4 Å². The van der Waals surface area contributed by atoms with Gasteiger partial charge in [-0.25, -0.2) is 9.97 Å². The van der Waals surface area contributed by atoms with Gasteiger partial charge in [0.05, 0.1) is 0 Å². The number of hydrogen-bond donors (Lipinski definition) is 1. The first-order valence-electron chi connectivity index (χ1n) is 3.10. The molecule has 1 heterocycles. The Morgan fingerprint density at radius 2 is 2.27 bits per heavy atom. The van der Waals surface area contributed by atoms with Gasteiger partial charge in [0.1, 0.15) is 17.3 Å². The molecule has 0 aliphatic rings. The molecule has 0 radical (unpaired) electrons. The maximum absolute atomic E-state index is 5.60. The zero-order chi connectivity index (χ0) is 8.10. The highest BCUT2D eigenvalue weighted by molar-refractivity contribution is 6.29. The van der Waals surface area contributed by atoms with Crippen LogP contribution in [0.1, 0.15) is 0 Å². The van der Waals surface area contributed by atoms with Crippen LogP contribution in [0.15, 0.2) is 12.4 Å². The second-order valence-electron chi connectivity index (χ2n) is 1.84. The van der Waals surface area contributed by atoms with Gasteiger partial charge in [-0.3, -0.25) is 0 Å². The number of hydrogen-bond acceptors (Lipinski definition) is 3. The summed E-state index contributed by atoms with van der Waals surface area (Å²) >= 11 is 11.1. The largest absolute Gasteiger partial charge is 0.369 e. The fourth-order valence-electron chi connectivity index (χ4n) is 0.606. The Kier molecular flexibility index (Phi) is 3.39. The van der Waals surface area contributed by atoms with Crippen molar-refractivity contribution in [3.05, 3.63) is 17.5 Å². The Balaban J connectivity index is 2.56. The number of alkyl halides is 1. The fraction of sp³-hybridized carbons (Fsp3) is 0.333. The number of rotatable bonds is 3. The molecule has 0 amide bonds. The molecule has 1 N–H and O–H groups in total. The summed E-state index contributed by atoms with van der Waals surface area (Å²) in [6.07, 6.45) is 1.40. The van der Waals surface area contributed by atoms with Gasteiger partial charge in [-0.05, 0) is 0 Å². The molecule has 1 aromatic heterocycles. The third-order valence-corrected chi connectivity index (χ3v) is 1.43. The van der Waals surface area contributed by atoms with E-state index < -0.39 is 0 Å². The molecule has 1 aromatic rings. The molecule has 0 fully saturated rings. The van der Waals surface area contributed by atoms with Gasteiger partial charge in [0, 0.05) is 18.5 Å². The normalized spacial score (nSPS) is 9.64. The van der Waals surface area contributed by atoms with E-state index >= 15 is 0 Å². The highest BCUT2D eigenvalue weighted by Gasteiger charge is 1.93. The van der Waals surface area contributed by atoms with Crippen molar-refractivity contribution in [2.24, 2.45) is 0 Å². The zero-order valence-electron chi connectivity index (χ0n) is 5.72. The first-order chi connectivity index (χ1) is 5.33. The molecular weight excluding hydrogens is 185 g/mol. The van der Waals surface area contributed by atoms with Gasteiger partial charge < -0.3 is 5.32 Å². The molecule has 3 nitrogen and oxygen atoms in total. The van der Waals surface area contributed by atoms with E-state index in [4.69, 9.17) is 23.2 Å². The lowest BCUT2D eigenvalue weighted by molar-refractivity contribution is 1.11. The van der Waals surface area contributed by atoms with E-state index in [1.54, 1.807) is 6.07 Å². The standard InChI is InChI=1S/C6H7Cl2N3/c7-1-2-9-6-3-5(8)10-4-11-6/h3-4H,1-2H2,(H,9,10,11). The number of nitrogens with one attached hydrogen (secondary N) is 1. The van der Waals surface area contributed by atoms with Gasteiger partial charge in [-0.2, -0.15) is 0 Å². The van der Waals surface area contributed by atoms with E-state index in [2.05, 4.69) is 15.3 Å². The summed E-state index contributed by atoms with van der Waals surface area (Å²) < 4.78 is 0. The Morgan fingerprint density at radius 3 is 2.91 bits per heavy atom. The van der Waals surface area contributed by atoms with Crippen molar-refractivity contribution in [2.75, 3.05) is 17.7 Å². The van der Waals surface area contributed by atoms with Gasteiger partial charge in [0.2, 0.25) is 0 Å². The van der Waals surface area contributed by atoms with Gasteiger partial charge in [0.25, 0.3) is 0 Å². The molecule has 5 heteroatoms. The summed E-state index contributed by atoms with van der Waals surface area (Å²) in [6.45, 7) is 0.675. The molecule has 0 saturated carbocycles. The molecule has 0 atom stereocenters. The van der Waals surface area contributed by atoms with E-state index in [-0.39, 0.29) is 0 Å². The first-order valence-corrected chi connectivity index (χ1v) is 4.01. The average Bonchev–Trinajstić information content (AvgIpc) is 2.01. The zero-order valence-corrected chi connectivity index (χ0v) is 7.23. The lowest BCUT2D eigenvalue weighted by Gasteiger charge is -2.00. The predicted octanol–water partition coefficient (Wildman–Crippen LogP) is 1.78. The Labute approximate surface area is 74.8 Å². The number of halogens is 2. The van der Waals surface area contributed by atoms with Crippen molar-refractivity contribution in [3.63, 3.8) is 0 Å². The van der Waals surface area contributed by atoms with Crippen LogP contribution in [0.5, 0.6) is 0 Å². The van der Waals surface area contributed by atoms with Crippen LogP contribution in [0.3, 0.4) is 0 Å². The van der Waals surface area contributed by atoms with Gasteiger partial charge in [-0.15, -0.1) is 11.6 Å². The van der Waals surface area contributed by atoms with Gasteiger partial charge in [0.15, 0.2) is 0 Å². The topological polar surface area (TPSA) is 37.8 Å².